The van der Waals surface area contributed by atoms with E-state index in [-0.39, 0.29) is 11.8 Å². The van der Waals surface area contributed by atoms with E-state index in [1.165, 1.54) is 6.92 Å². The molecule has 1 fully saturated rings. The quantitative estimate of drug-likeness (QED) is 0.653. The summed E-state index contributed by atoms with van der Waals surface area (Å²) in [5, 5.41) is 31.8. The molecule has 2 aliphatic heterocycles. The third-order valence-corrected chi connectivity index (χ3v) is 6.91. The molecular formula is C20H23NO6. The van der Waals surface area contributed by atoms with Crippen molar-refractivity contribution in [1.82, 2.24) is 4.90 Å². The molecule has 0 saturated carbocycles. The van der Waals surface area contributed by atoms with E-state index >= 15 is 0 Å². The van der Waals surface area contributed by atoms with Gasteiger partial charge >= 0.3 is 5.97 Å². The predicted molar refractivity (Wildman–Crippen MR) is 94.4 cm³/mol. The summed E-state index contributed by atoms with van der Waals surface area (Å²) < 4.78 is 11.6. The minimum Gasteiger partial charge on any atom is -0.504 e. The summed E-state index contributed by atoms with van der Waals surface area (Å²) in [5.74, 6) is -0.0528. The number of likely N-dealkylation sites (N-methyl/N-ethyl adjacent to an activating group) is 1. The van der Waals surface area contributed by atoms with Crippen LogP contribution in [-0.2, 0) is 21.4 Å². The zero-order valence-corrected chi connectivity index (χ0v) is 15.3. The number of piperidine rings is 1. The number of carbonyl (C=O) groups is 1. The number of nitrogens with zero attached hydrogens (tertiary/aromatic N) is 1. The van der Waals surface area contributed by atoms with Gasteiger partial charge in [0.05, 0.1) is 11.0 Å². The van der Waals surface area contributed by atoms with Crippen LogP contribution in [0.1, 0.15) is 30.9 Å². The molecular weight excluding hydrogens is 350 g/mol. The number of ether oxygens (including phenoxy) is 2. The fourth-order valence-electron chi connectivity index (χ4n) is 5.64. The van der Waals surface area contributed by atoms with E-state index in [1.54, 1.807) is 12.1 Å². The largest absolute Gasteiger partial charge is 0.504 e. The molecule has 0 aromatic heterocycles. The Morgan fingerprint density at radius 2 is 2.22 bits per heavy atom. The molecule has 144 valence electrons. The Morgan fingerprint density at radius 1 is 1.44 bits per heavy atom. The molecule has 27 heavy (non-hydrogen) atoms. The molecule has 1 unspecified atom stereocenters. The number of aliphatic hydroxyl groups excluding tert-OH is 1. The van der Waals surface area contributed by atoms with Crippen LogP contribution in [0.2, 0.25) is 0 Å². The number of phenolic OH excluding ortho intramolecular Hbond substituents is 1. The van der Waals surface area contributed by atoms with Crippen LogP contribution in [0, 0.1) is 0 Å². The molecule has 7 heteroatoms. The standard InChI is InChI=1S/C20H23NO6/c1-10(22)18(24)26-13-5-6-20(25)14-9-11-3-4-12(23)16-15(11)19(20,17(13)27-16)7-8-21(14)2/h3-5,10,14,17,22-23,25H,6-9H2,1-2H3/t10?,14-,17+,19+,20-/m1/s1. The van der Waals surface area contributed by atoms with Gasteiger partial charge in [0.1, 0.15) is 11.9 Å². The molecule has 2 aliphatic carbocycles. The Labute approximate surface area is 156 Å². The van der Waals surface area contributed by atoms with Gasteiger partial charge < -0.3 is 29.7 Å². The summed E-state index contributed by atoms with van der Waals surface area (Å²) in [6.07, 6.45) is 1.34. The van der Waals surface area contributed by atoms with Crippen molar-refractivity contribution in [3.63, 3.8) is 0 Å². The number of rotatable bonds is 2. The fraction of sp³-hybridized carbons (Fsp3) is 0.550. The molecule has 0 amide bonds. The smallest absolute Gasteiger partial charge is 0.339 e. The molecule has 7 nitrogen and oxygen atoms in total. The second-order valence-corrected chi connectivity index (χ2v) is 8.20. The summed E-state index contributed by atoms with van der Waals surface area (Å²) in [7, 11) is 2.01. The first-order valence-corrected chi connectivity index (χ1v) is 9.34. The first kappa shape index (κ1) is 17.0. The third kappa shape index (κ3) is 1.89. The molecule has 3 N–H and O–H groups in total. The highest BCUT2D eigenvalue weighted by atomic mass is 16.6. The molecule has 4 aliphatic rings. The number of hydrogen-bond donors (Lipinski definition) is 3. The number of benzene rings is 1. The average molecular weight is 373 g/mol. The van der Waals surface area contributed by atoms with Crippen LogP contribution in [-0.4, -0.2) is 63.6 Å². The van der Waals surface area contributed by atoms with Gasteiger partial charge in [-0.25, -0.2) is 4.79 Å². The zero-order valence-electron chi connectivity index (χ0n) is 15.3. The Bertz CT molecular complexity index is 879. The summed E-state index contributed by atoms with van der Waals surface area (Å²) in [4.78, 5) is 14.2. The molecule has 1 saturated heterocycles. The van der Waals surface area contributed by atoms with Gasteiger partial charge in [-0.2, -0.15) is 0 Å². The summed E-state index contributed by atoms with van der Waals surface area (Å²) >= 11 is 0. The minimum atomic E-state index is -1.26. The van der Waals surface area contributed by atoms with Crippen molar-refractivity contribution in [2.75, 3.05) is 13.6 Å². The van der Waals surface area contributed by atoms with Gasteiger partial charge in [0.2, 0.25) is 0 Å². The lowest BCUT2D eigenvalue weighted by Gasteiger charge is -2.61. The molecule has 1 aromatic rings. The number of aromatic hydroxyl groups is 1. The van der Waals surface area contributed by atoms with E-state index in [1.807, 2.05) is 13.1 Å². The van der Waals surface area contributed by atoms with Crippen molar-refractivity contribution < 1.29 is 29.6 Å². The Morgan fingerprint density at radius 3 is 2.96 bits per heavy atom. The van der Waals surface area contributed by atoms with Crippen molar-refractivity contribution in [3.8, 4) is 11.5 Å². The maximum absolute atomic E-state index is 12.0. The Hall–Kier alpha value is -2.09. The van der Waals surface area contributed by atoms with Gasteiger partial charge in [0.25, 0.3) is 0 Å². The van der Waals surface area contributed by atoms with Gasteiger partial charge in [-0.05, 0) is 51.1 Å². The highest BCUT2D eigenvalue weighted by Crippen LogP contribution is 2.65. The number of phenols is 1. The Kier molecular flexibility index (Phi) is 3.31. The SMILES string of the molecule is CC(O)C(=O)OC1=CC[C@@]2(O)[C@H]3Cc4ccc(O)c5c4[C@@]2(CCN3C)[C@H]1O5. The van der Waals surface area contributed by atoms with Crippen molar-refractivity contribution >= 4 is 5.97 Å². The van der Waals surface area contributed by atoms with Crippen LogP contribution < -0.4 is 4.74 Å². The van der Waals surface area contributed by atoms with Crippen molar-refractivity contribution in [2.24, 2.45) is 0 Å². The van der Waals surface area contributed by atoms with Crippen LogP contribution in [0.25, 0.3) is 0 Å². The first-order chi connectivity index (χ1) is 12.8. The monoisotopic (exact) mass is 373 g/mol. The van der Waals surface area contributed by atoms with Crippen LogP contribution in [0.4, 0.5) is 0 Å². The molecule has 2 heterocycles. The summed E-state index contributed by atoms with van der Waals surface area (Å²) in [5.41, 5.74) is 0.0273. The normalized spacial score (nSPS) is 37.1. The van der Waals surface area contributed by atoms with E-state index in [0.29, 0.717) is 30.8 Å². The van der Waals surface area contributed by atoms with Gasteiger partial charge in [-0.1, -0.05) is 6.07 Å². The van der Waals surface area contributed by atoms with Gasteiger partial charge in [-0.3, -0.25) is 0 Å². The van der Waals surface area contributed by atoms with Crippen molar-refractivity contribution in [3.05, 3.63) is 35.1 Å². The number of aliphatic hydroxyl groups is 2. The topological polar surface area (TPSA) is 99.5 Å². The third-order valence-electron chi connectivity index (χ3n) is 6.91. The van der Waals surface area contributed by atoms with Crippen molar-refractivity contribution in [2.45, 2.75) is 55.5 Å². The van der Waals surface area contributed by atoms with Crippen LogP contribution in [0.3, 0.4) is 0 Å². The first-order valence-electron chi connectivity index (χ1n) is 9.34. The van der Waals surface area contributed by atoms with E-state index in [9.17, 15) is 20.1 Å². The lowest BCUT2D eigenvalue weighted by atomic mass is 9.50. The molecule has 1 spiro atoms. The molecule has 0 radical (unpaired) electrons. The molecule has 5 atom stereocenters. The van der Waals surface area contributed by atoms with Crippen LogP contribution >= 0.6 is 0 Å². The average Bonchev–Trinajstić information content (AvgIpc) is 2.98. The summed E-state index contributed by atoms with van der Waals surface area (Å²) in [6, 6.07) is 3.42. The number of esters is 1. The van der Waals surface area contributed by atoms with E-state index in [0.717, 1.165) is 17.7 Å². The second kappa shape index (κ2) is 5.25. The zero-order chi connectivity index (χ0) is 19.1. The number of carbonyl (C=O) groups excluding carboxylic acids is 1. The lowest BCUT2D eigenvalue weighted by molar-refractivity contribution is -0.171. The van der Waals surface area contributed by atoms with Crippen molar-refractivity contribution in [1.29, 1.82) is 0 Å². The maximum Gasteiger partial charge on any atom is 0.339 e. The fourth-order valence-corrected chi connectivity index (χ4v) is 5.64. The maximum atomic E-state index is 12.0. The Balaban J connectivity index is 1.72. The summed E-state index contributed by atoms with van der Waals surface area (Å²) in [6.45, 7) is 2.11. The van der Waals surface area contributed by atoms with Gasteiger partial charge in [0, 0.05) is 18.0 Å². The van der Waals surface area contributed by atoms with Gasteiger partial charge in [0.15, 0.2) is 17.6 Å². The molecule has 5 rings (SSSR count). The predicted octanol–water partition coefficient (Wildman–Crippen LogP) is 0.594. The number of hydrogen-bond acceptors (Lipinski definition) is 7. The van der Waals surface area contributed by atoms with E-state index in [2.05, 4.69) is 4.90 Å². The van der Waals surface area contributed by atoms with Gasteiger partial charge in [-0.15, -0.1) is 0 Å². The van der Waals surface area contributed by atoms with Crippen LogP contribution in [0.15, 0.2) is 24.0 Å². The molecule has 2 bridgehead atoms. The van der Waals surface area contributed by atoms with E-state index in [4.69, 9.17) is 9.47 Å². The number of likely N-dealkylation sites (tertiary alicyclic amines) is 1. The molecule has 1 aromatic carbocycles. The van der Waals surface area contributed by atoms with E-state index < -0.39 is 29.2 Å². The lowest BCUT2D eigenvalue weighted by Crippen LogP contribution is -2.74. The minimum absolute atomic E-state index is 0.0263. The second-order valence-electron chi connectivity index (χ2n) is 8.20. The van der Waals surface area contributed by atoms with Crippen LogP contribution in [0.5, 0.6) is 11.5 Å². The highest BCUT2D eigenvalue weighted by molar-refractivity contribution is 5.75. The highest BCUT2D eigenvalue weighted by Gasteiger charge is 2.72.